The Hall–Kier alpha value is -2.16. The lowest BCUT2D eigenvalue weighted by Crippen LogP contribution is -2.40. The summed E-state index contributed by atoms with van der Waals surface area (Å²) in [5, 5.41) is 6.88. The summed E-state index contributed by atoms with van der Waals surface area (Å²) < 4.78 is 11.1. The van der Waals surface area contributed by atoms with Gasteiger partial charge in [-0.3, -0.25) is 0 Å². The Bertz CT molecular complexity index is 831. The molecule has 3 rings (SSSR count). The third kappa shape index (κ3) is 7.48. The first-order chi connectivity index (χ1) is 14.7. The number of para-hydroxylation sites is 1. The molecule has 0 aliphatic carbocycles. The first-order valence-corrected chi connectivity index (χ1v) is 10.8. The van der Waals surface area contributed by atoms with Crippen molar-refractivity contribution < 1.29 is 9.47 Å². The molecule has 170 valence electrons. The topological polar surface area (TPSA) is 58.1 Å². The van der Waals surface area contributed by atoms with E-state index in [-0.39, 0.29) is 24.0 Å². The van der Waals surface area contributed by atoms with Gasteiger partial charge >= 0.3 is 0 Å². The van der Waals surface area contributed by atoms with Gasteiger partial charge in [0.1, 0.15) is 11.5 Å². The van der Waals surface area contributed by atoms with Crippen molar-refractivity contribution in [1.82, 2.24) is 10.6 Å². The highest BCUT2D eigenvalue weighted by Gasteiger charge is 2.23. The first kappa shape index (κ1) is 25.1. The van der Waals surface area contributed by atoms with Crippen LogP contribution in [0, 0.1) is 5.92 Å². The van der Waals surface area contributed by atoms with E-state index >= 15 is 0 Å². The molecule has 2 aromatic carbocycles. The fourth-order valence-electron chi connectivity index (χ4n) is 3.72. The predicted octanol–water partition coefficient (Wildman–Crippen LogP) is 4.29. The van der Waals surface area contributed by atoms with Gasteiger partial charge in [-0.2, -0.15) is 0 Å². The minimum atomic E-state index is 0. The second-order valence-corrected chi connectivity index (χ2v) is 7.42. The number of anilines is 1. The normalized spacial score (nSPS) is 15.9. The van der Waals surface area contributed by atoms with Gasteiger partial charge in [0.05, 0.1) is 20.3 Å². The molecule has 1 saturated heterocycles. The molecule has 0 aromatic heterocycles. The number of ether oxygens (including phenoxy) is 2. The zero-order valence-electron chi connectivity index (χ0n) is 18.8. The highest BCUT2D eigenvalue weighted by atomic mass is 127. The summed E-state index contributed by atoms with van der Waals surface area (Å²) >= 11 is 0. The number of guanidine groups is 1. The quantitative estimate of drug-likeness (QED) is 0.284. The van der Waals surface area contributed by atoms with Gasteiger partial charge in [0.15, 0.2) is 5.96 Å². The van der Waals surface area contributed by atoms with Gasteiger partial charge < -0.3 is 25.0 Å². The van der Waals surface area contributed by atoms with E-state index in [4.69, 9.17) is 14.5 Å². The van der Waals surface area contributed by atoms with Crippen LogP contribution >= 0.6 is 24.0 Å². The summed E-state index contributed by atoms with van der Waals surface area (Å²) in [5.74, 6) is 3.24. The fourth-order valence-corrected chi connectivity index (χ4v) is 3.72. The van der Waals surface area contributed by atoms with Crippen molar-refractivity contribution in [2.45, 2.75) is 26.8 Å². The van der Waals surface area contributed by atoms with Crippen molar-refractivity contribution in [1.29, 1.82) is 0 Å². The van der Waals surface area contributed by atoms with Gasteiger partial charge in [-0.15, -0.1) is 24.0 Å². The van der Waals surface area contributed by atoms with Crippen LogP contribution in [0.4, 0.5) is 5.69 Å². The molecular weight excluding hydrogens is 503 g/mol. The Labute approximate surface area is 203 Å². The number of benzene rings is 2. The molecule has 31 heavy (non-hydrogen) atoms. The van der Waals surface area contributed by atoms with Crippen LogP contribution in [0.3, 0.4) is 0 Å². The third-order valence-corrected chi connectivity index (χ3v) is 5.29. The van der Waals surface area contributed by atoms with Gasteiger partial charge in [-0.05, 0) is 44.4 Å². The van der Waals surface area contributed by atoms with E-state index in [0.717, 1.165) is 55.6 Å². The number of hydrogen-bond acceptors (Lipinski definition) is 4. The van der Waals surface area contributed by atoms with Crippen LogP contribution in [0.15, 0.2) is 53.5 Å². The van der Waals surface area contributed by atoms with Crippen LogP contribution in [0.2, 0.25) is 0 Å². The molecule has 0 amide bonds. The average molecular weight is 538 g/mol. The average Bonchev–Trinajstić information content (AvgIpc) is 3.26. The maximum absolute atomic E-state index is 5.72. The lowest BCUT2D eigenvalue weighted by Gasteiger charge is -2.20. The maximum Gasteiger partial charge on any atom is 0.191 e. The smallest absolute Gasteiger partial charge is 0.191 e. The van der Waals surface area contributed by atoms with E-state index in [1.165, 1.54) is 5.69 Å². The molecule has 1 unspecified atom stereocenters. The number of hydrogen-bond donors (Lipinski definition) is 2. The largest absolute Gasteiger partial charge is 0.497 e. The minimum Gasteiger partial charge on any atom is -0.497 e. The second kappa shape index (κ2) is 13.3. The molecule has 6 nitrogen and oxygen atoms in total. The fraction of sp³-hybridized carbons (Fsp3) is 0.458. The van der Waals surface area contributed by atoms with E-state index in [2.05, 4.69) is 46.7 Å². The molecule has 7 heteroatoms. The van der Waals surface area contributed by atoms with Crippen LogP contribution in [0.1, 0.15) is 25.8 Å². The highest BCUT2D eigenvalue weighted by Crippen LogP contribution is 2.26. The minimum absolute atomic E-state index is 0. The van der Waals surface area contributed by atoms with Gasteiger partial charge in [0.25, 0.3) is 0 Å². The van der Waals surface area contributed by atoms with Gasteiger partial charge in [-0.1, -0.05) is 24.3 Å². The zero-order chi connectivity index (χ0) is 21.2. The summed E-state index contributed by atoms with van der Waals surface area (Å²) in [6, 6.07) is 16.4. The van der Waals surface area contributed by atoms with Gasteiger partial charge in [0.2, 0.25) is 0 Å². The van der Waals surface area contributed by atoms with Gasteiger partial charge in [-0.25, -0.2) is 4.99 Å². The molecule has 2 N–H and O–H groups in total. The van der Waals surface area contributed by atoms with Crippen molar-refractivity contribution in [3.05, 3.63) is 54.1 Å². The van der Waals surface area contributed by atoms with Gasteiger partial charge in [0, 0.05) is 43.5 Å². The summed E-state index contributed by atoms with van der Waals surface area (Å²) in [6.45, 7) is 9.17. The van der Waals surface area contributed by atoms with Crippen molar-refractivity contribution in [2.75, 3.05) is 44.8 Å². The standard InChI is InChI=1S/C24H34N4O2.HI/c1-4-25-24(27-17-20-9-6-7-12-23(20)30-5-2)26-16-19-13-14-28(18-19)21-10-8-11-22(15-21)29-3;/h6-12,15,19H,4-5,13-14,16-18H2,1-3H3,(H2,25,26,27);1H. The molecule has 2 aromatic rings. The number of rotatable bonds is 9. The van der Waals surface area contributed by atoms with Crippen LogP contribution < -0.4 is 25.0 Å². The zero-order valence-corrected chi connectivity index (χ0v) is 21.1. The molecule has 1 aliphatic rings. The summed E-state index contributed by atoms with van der Waals surface area (Å²) in [5.41, 5.74) is 2.33. The van der Waals surface area contributed by atoms with E-state index in [1.54, 1.807) is 7.11 Å². The van der Waals surface area contributed by atoms with E-state index in [1.807, 2.05) is 31.2 Å². The lowest BCUT2D eigenvalue weighted by atomic mass is 10.1. The highest BCUT2D eigenvalue weighted by molar-refractivity contribution is 14.0. The van der Waals surface area contributed by atoms with E-state index in [0.29, 0.717) is 19.1 Å². The predicted molar refractivity (Wildman–Crippen MR) is 139 cm³/mol. The maximum atomic E-state index is 5.72. The third-order valence-electron chi connectivity index (χ3n) is 5.29. The Balaban J connectivity index is 0.00000341. The van der Waals surface area contributed by atoms with Crippen LogP contribution in [0.25, 0.3) is 0 Å². The van der Waals surface area contributed by atoms with Crippen LogP contribution in [-0.2, 0) is 6.54 Å². The molecule has 0 saturated carbocycles. The molecule has 1 fully saturated rings. The summed E-state index contributed by atoms with van der Waals surface area (Å²) in [7, 11) is 1.71. The van der Waals surface area contributed by atoms with Crippen molar-refractivity contribution in [3.8, 4) is 11.5 Å². The molecule has 0 radical (unpaired) electrons. The Kier molecular flexibility index (Phi) is 10.8. The van der Waals surface area contributed by atoms with Crippen molar-refractivity contribution >= 4 is 35.6 Å². The Morgan fingerprint density at radius 1 is 1.13 bits per heavy atom. The number of aliphatic imine (C=N–C) groups is 1. The SMILES string of the molecule is CCNC(=NCc1ccccc1OCC)NCC1CCN(c2cccc(OC)c2)C1.I. The molecule has 0 spiro atoms. The monoisotopic (exact) mass is 538 g/mol. The Morgan fingerprint density at radius 2 is 1.97 bits per heavy atom. The lowest BCUT2D eigenvalue weighted by molar-refractivity contribution is 0.336. The van der Waals surface area contributed by atoms with Crippen molar-refractivity contribution in [2.24, 2.45) is 10.9 Å². The molecule has 1 atom stereocenters. The number of nitrogens with one attached hydrogen (secondary N) is 2. The summed E-state index contributed by atoms with van der Waals surface area (Å²) in [4.78, 5) is 7.20. The first-order valence-electron chi connectivity index (χ1n) is 10.8. The Morgan fingerprint density at radius 3 is 2.74 bits per heavy atom. The van der Waals surface area contributed by atoms with Crippen LogP contribution in [0.5, 0.6) is 11.5 Å². The number of halogens is 1. The van der Waals surface area contributed by atoms with Crippen molar-refractivity contribution in [3.63, 3.8) is 0 Å². The van der Waals surface area contributed by atoms with E-state index < -0.39 is 0 Å². The number of nitrogens with zero attached hydrogens (tertiary/aromatic N) is 2. The molecular formula is C24H35IN4O2. The molecule has 1 heterocycles. The van der Waals surface area contributed by atoms with E-state index in [9.17, 15) is 0 Å². The number of methoxy groups -OCH3 is 1. The second-order valence-electron chi connectivity index (χ2n) is 7.42. The molecule has 0 bridgehead atoms. The summed E-state index contributed by atoms with van der Waals surface area (Å²) in [6.07, 6.45) is 1.16. The van der Waals surface area contributed by atoms with Crippen LogP contribution in [-0.4, -0.2) is 45.9 Å². The molecule has 1 aliphatic heterocycles.